The SMILES string of the molecule is CCP1(=O)CCN(C(C)(C)C)C(c2ccccc2C(C)C)C1. The minimum absolute atomic E-state index is 0.105. The normalized spacial score (nSPS) is 27.3. The highest BCUT2D eigenvalue weighted by molar-refractivity contribution is 7.64. The van der Waals surface area contributed by atoms with Crippen molar-refractivity contribution < 1.29 is 4.57 Å². The summed E-state index contributed by atoms with van der Waals surface area (Å²) in [5.74, 6) is 0.501. The Morgan fingerprint density at radius 3 is 2.45 bits per heavy atom. The minimum Gasteiger partial charge on any atom is -0.323 e. The molecule has 0 aliphatic carbocycles. The predicted octanol–water partition coefficient (Wildman–Crippen LogP) is 5.35. The van der Waals surface area contributed by atoms with Gasteiger partial charge >= 0.3 is 0 Å². The van der Waals surface area contributed by atoms with Gasteiger partial charge in [-0.05, 0) is 44.0 Å². The molecule has 1 heterocycles. The number of nitrogens with zero attached hydrogens (tertiary/aromatic N) is 1. The summed E-state index contributed by atoms with van der Waals surface area (Å²) in [4.78, 5) is 2.57. The summed E-state index contributed by atoms with van der Waals surface area (Å²) in [6.07, 6.45) is 2.55. The van der Waals surface area contributed by atoms with Crippen LogP contribution in [0.1, 0.15) is 64.6 Å². The van der Waals surface area contributed by atoms with E-state index >= 15 is 0 Å². The Bertz CT molecular complexity index is 559. The van der Waals surface area contributed by atoms with Crippen LogP contribution >= 0.6 is 7.14 Å². The number of hydrogen-bond donors (Lipinski definition) is 0. The summed E-state index contributed by atoms with van der Waals surface area (Å²) in [5, 5.41) is 0. The highest BCUT2D eigenvalue weighted by Crippen LogP contribution is 2.54. The maximum Gasteiger partial charge on any atom is 0.0906 e. The fourth-order valence-electron chi connectivity index (χ4n) is 3.65. The van der Waals surface area contributed by atoms with Crippen LogP contribution in [0.4, 0.5) is 0 Å². The second-order valence-electron chi connectivity index (χ2n) is 7.94. The first-order valence-corrected chi connectivity index (χ1v) is 10.9. The van der Waals surface area contributed by atoms with Gasteiger partial charge in [0.2, 0.25) is 0 Å². The van der Waals surface area contributed by atoms with Crippen molar-refractivity contribution in [3.63, 3.8) is 0 Å². The molecule has 0 N–H and O–H groups in total. The molecule has 2 unspecified atom stereocenters. The molecule has 1 saturated heterocycles. The lowest BCUT2D eigenvalue weighted by molar-refractivity contribution is 0.0928. The highest BCUT2D eigenvalue weighted by atomic mass is 31.2. The van der Waals surface area contributed by atoms with E-state index in [-0.39, 0.29) is 11.6 Å². The average molecular weight is 321 g/mol. The molecule has 0 bridgehead atoms. The summed E-state index contributed by atoms with van der Waals surface area (Å²) in [6, 6.07) is 9.05. The number of hydrogen-bond acceptors (Lipinski definition) is 2. The van der Waals surface area contributed by atoms with Crippen molar-refractivity contribution in [2.24, 2.45) is 0 Å². The van der Waals surface area contributed by atoms with E-state index in [0.29, 0.717) is 5.92 Å². The van der Waals surface area contributed by atoms with Gasteiger partial charge in [-0.25, -0.2) is 0 Å². The molecule has 2 nitrogen and oxygen atoms in total. The van der Waals surface area contributed by atoms with Crippen LogP contribution < -0.4 is 0 Å². The third-order valence-corrected chi connectivity index (χ3v) is 8.22. The second kappa shape index (κ2) is 6.49. The van der Waals surface area contributed by atoms with Gasteiger partial charge in [-0.15, -0.1) is 0 Å². The van der Waals surface area contributed by atoms with Crippen LogP contribution in [0.2, 0.25) is 0 Å². The van der Waals surface area contributed by atoms with Crippen LogP contribution in [-0.2, 0) is 4.57 Å². The Morgan fingerprint density at radius 2 is 1.91 bits per heavy atom. The van der Waals surface area contributed by atoms with Gasteiger partial charge < -0.3 is 4.57 Å². The van der Waals surface area contributed by atoms with Gasteiger partial charge in [0.05, 0.1) is 7.14 Å². The maximum absolute atomic E-state index is 13.1. The zero-order valence-corrected chi connectivity index (χ0v) is 16.0. The van der Waals surface area contributed by atoms with E-state index in [0.717, 1.165) is 25.0 Å². The fourth-order valence-corrected chi connectivity index (χ4v) is 6.01. The van der Waals surface area contributed by atoms with Crippen molar-refractivity contribution in [2.75, 3.05) is 25.0 Å². The van der Waals surface area contributed by atoms with Gasteiger partial charge in [-0.3, -0.25) is 4.90 Å². The molecule has 2 rings (SSSR count). The quantitative estimate of drug-likeness (QED) is 0.700. The standard InChI is InChI=1S/C19H32NOP/c1-7-22(21)13-12-20(19(4,5)6)18(14-22)17-11-9-8-10-16(17)15(2)3/h8-11,15,18H,7,12-14H2,1-6H3. The Labute approximate surface area is 136 Å². The molecule has 1 fully saturated rings. The summed E-state index contributed by atoms with van der Waals surface area (Å²) >= 11 is 0. The molecule has 2 atom stereocenters. The zero-order valence-electron chi connectivity index (χ0n) is 15.1. The third kappa shape index (κ3) is 3.66. The first-order chi connectivity index (χ1) is 10.2. The van der Waals surface area contributed by atoms with E-state index in [1.54, 1.807) is 0 Å². The predicted molar refractivity (Wildman–Crippen MR) is 97.6 cm³/mol. The molecular formula is C19H32NOP. The molecular weight excluding hydrogens is 289 g/mol. The molecule has 124 valence electrons. The topological polar surface area (TPSA) is 20.3 Å². The van der Waals surface area contributed by atoms with E-state index in [1.807, 2.05) is 0 Å². The third-order valence-electron chi connectivity index (χ3n) is 5.05. The average Bonchev–Trinajstić information content (AvgIpc) is 2.46. The van der Waals surface area contributed by atoms with Crippen LogP contribution in [0.15, 0.2) is 24.3 Å². The largest absolute Gasteiger partial charge is 0.323 e. The molecule has 0 aromatic heterocycles. The van der Waals surface area contributed by atoms with Crippen LogP contribution in [0, 0.1) is 0 Å². The van der Waals surface area contributed by atoms with Crippen LogP contribution in [-0.4, -0.2) is 35.5 Å². The molecule has 1 aliphatic rings. The number of benzene rings is 1. The lowest BCUT2D eigenvalue weighted by Crippen LogP contribution is -2.49. The molecule has 0 spiro atoms. The van der Waals surface area contributed by atoms with Crippen LogP contribution in [0.5, 0.6) is 0 Å². The van der Waals surface area contributed by atoms with Crippen LogP contribution in [0.25, 0.3) is 0 Å². The van der Waals surface area contributed by atoms with Gasteiger partial charge in [0, 0.05) is 30.4 Å². The Morgan fingerprint density at radius 1 is 1.27 bits per heavy atom. The summed E-state index contributed by atoms with van der Waals surface area (Å²) in [6.45, 7) is 14.4. The minimum atomic E-state index is -2.01. The van der Waals surface area contributed by atoms with E-state index < -0.39 is 7.14 Å². The lowest BCUT2D eigenvalue weighted by atomic mass is 9.90. The second-order valence-corrected chi connectivity index (χ2v) is 11.5. The Balaban J connectivity index is 2.48. The smallest absolute Gasteiger partial charge is 0.0906 e. The highest BCUT2D eigenvalue weighted by Gasteiger charge is 2.40. The monoisotopic (exact) mass is 321 g/mol. The molecule has 0 amide bonds. The van der Waals surface area contributed by atoms with Crippen LogP contribution in [0.3, 0.4) is 0 Å². The van der Waals surface area contributed by atoms with Gasteiger partial charge in [0.1, 0.15) is 0 Å². The summed E-state index contributed by atoms with van der Waals surface area (Å²) in [7, 11) is -2.01. The molecule has 0 radical (unpaired) electrons. The van der Waals surface area contributed by atoms with E-state index in [2.05, 4.69) is 70.7 Å². The Hall–Kier alpha value is -0.590. The van der Waals surface area contributed by atoms with E-state index in [4.69, 9.17) is 0 Å². The summed E-state index contributed by atoms with van der Waals surface area (Å²) in [5.41, 5.74) is 2.90. The molecule has 1 aromatic carbocycles. The van der Waals surface area contributed by atoms with Crippen molar-refractivity contribution in [3.8, 4) is 0 Å². The van der Waals surface area contributed by atoms with Crippen molar-refractivity contribution in [1.29, 1.82) is 0 Å². The number of rotatable bonds is 3. The van der Waals surface area contributed by atoms with Gasteiger partial charge in [0.25, 0.3) is 0 Å². The van der Waals surface area contributed by atoms with Crippen molar-refractivity contribution in [3.05, 3.63) is 35.4 Å². The first kappa shape index (κ1) is 17.8. The maximum atomic E-state index is 13.1. The van der Waals surface area contributed by atoms with Crippen molar-refractivity contribution in [1.82, 2.24) is 4.90 Å². The van der Waals surface area contributed by atoms with E-state index in [1.165, 1.54) is 11.1 Å². The Kier molecular flexibility index (Phi) is 5.24. The fraction of sp³-hybridized carbons (Fsp3) is 0.684. The molecule has 1 aliphatic heterocycles. The van der Waals surface area contributed by atoms with Gasteiger partial charge in [0.15, 0.2) is 0 Å². The first-order valence-electron chi connectivity index (χ1n) is 8.60. The molecule has 0 saturated carbocycles. The molecule has 3 heteroatoms. The van der Waals surface area contributed by atoms with E-state index in [9.17, 15) is 4.57 Å². The van der Waals surface area contributed by atoms with Crippen molar-refractivity contribution >= 4 is 7.14 Å². The summed E-state index contributed by atoms with van der Waals surface area (Å²) < 4.78 is 13.1. The van der Waals surface area contributed by atoms with Gasteiger partial charge in [-0.2, -0.15) is 0 Å². The molecule has 22 heavy (non-hydrogen) atoms. The zero-order chi connectivity index (χ0) is 16.5. The lowest BCUT2D eigenvalue weighted by Gasteiger charge is -2.47. The molecule has 1 aromatic rings. The van der Waals surface area contributed by atoms with Gasteiger partial charge in [-0.1, -0.05) is 45.0 Å². The van der Waals surface area contributed by atoms with Crippen molar-refractivity contribution in [2.45, 2.75) is 59.0 Å².